The van der Waals surface area contributed by atoms with Gasteiger partial charge in [0.05, 0.1) is 0 Å². The van der Waals surface area contributed by atoms with E-state index in [0.29, 0.717) is 4.34 Å². The summed E-state index contributed by atoms with van der Waals surface area (Å²) in [7, 11) is 1.29. The van der Waals surface area contributed by atoms with Crippen LogP contribution in [0, 0.1) is 5.41 Å². The molecular formula is C16H17N7O5S4. The van der Waals surface area contributed by atoms with Crippen molar-refractivity contribution in [3.05, 3.63) is 16.6 Å². The standard InChI is InChI=1S/C16H17N7O5S4/c1-28-22-8(7-2-29-14(17)19-7)10(24)20-9-11(25)23-3-16(13(26)27,4-30-12(9)23)5-31-15-21-18-6-32-15/h2,6,9,12H,3-5H2,1H3,(H2,17,19)(H,20,24)(H,26,27)/t9?,12-,16?/m1/s1. The summed E-state index contributed by atoms with van der Waals surface area (Å²) in [6.07, 6.45) is 0. The van der Waals surface area contributed by atoms with Crippen molar-refractivity contribution in [3.8, 4) is 0 Å². The number of nitrogens with zero attached hydrogens (tertiary/aromatic N) is 5. The summed E-state index contributed by atoms with van der Waals surface area (Å²) in [4.78, 5) is 47.9. The Morgan fingerprint density at radius 2 is 2.31 bits per heavy atom. The number of carbonyl (C=O) groups is 3. The number of fused-ring (bicyclic) bond motifs is 1. The predicted molar refractivity (Wildman–Crippen MR) is 121 cm³/mol. The number of carboxylic acid groups (broad SMARTS) is 1. The van der Waals surface area contributed by atoms with Crippen molar-refractivity contribution in [3.63, 3.8) is 0 Å². The van der Waals surface area contributed by atoms with Crippen LogP contribution in [-0.2, 0) is 19.2 Å². The first-order valence-corrected chi connectivity index (χ1v) is 12.8. The molecule has 4 N–H and O–H groups in total. The molecule has 170 valence electrons. The van der Waals surface area contributed by atoms with Crippen LogP contribution >= 0.6 is 46.2 Å². The lowest BCUT2D eigenvalue weighted by Crippen LogP contribution is -2.74. The number of aliphatic carboxylic acids is 1. The molecule has 4 heterocycles. The Morgan fingerprint density at radius 3 is 2.94 bits per heavy atom. The third-order valence-corrected chi connectivity index (χ3v) is 9.27. The molecule has 0 bridgehead atoms. The van der Waals surface area contributed by atoms with Crippen LogP contribution in [0.2, 0.25) is 0 Å². The highest BCUT2D eigenvalue weighted by molar-refractivity contribution is 8.01. The van der Waals surface area contributed by atoms with Crippen molar-refractivity contribution in [2.45, 2.75) is 15.8 Å². The topological polar surface area (TPSA) is 173 Å². The molecule has 0 saturated carbocycles. The van der Waals surface area contributed by atoms with Crippen molar-refractivity contribution >= 4 is 74.8 Å². The van der Waals surface area contributed by atoms with Crippen LogP contribution in [0.1, 0.15) is 5.69 Å². The lowest BCUT2D eigenvalue weighted by atomic mass is 9.89. The molecule has 4 rings (SSSR count). The van der Waals surface area contributed by atoms with Crippen LogP contribution in [-0.4, -0.2) is 85.3 Å². The second-order valence-corrected chi connectivity index (χ2v) is 10.9. The van der Waals surface area contributed by atoms with Crippen molar-refractivity contribution in [2.75, 3.05) is 30.9 Å². The molecule has 12 nitrogen and oxygen atoms in total. The van der Waals surface area contributed by atoms with E-state index < -0.39 is 23.3 Å². The Labute approximate surface area is 198 Å². The van der Waals surface area contributed by atoms with Crippen LogP contribution in [0.25, 0.3) is 0 Å². The van der Waals surface area contributed by atoms with Gasteiger partial charge in [0.1, 0.15) is 35.1 Å². The van der Waals surface area contributed by atoms with Gasteiger partial charge >= 0.3 is 5.97 Å². The lowest BCUT2D eigenvalue weighted by molar-refractivity contribution is -0.157. The van der Waals surface area contributed by atoms with Gasteiger partial charge in [-0.25, -0.2) is 4.98 Å². The summed E-state index contributed by atoms with van der Waals surface area (Å²) < 4.78 is 0.672. The van der Waals surface area contributed by atoms with Gasteiger partial charge in [-0.2, -0.15) is 0 Å². The number of nitrogens with one attached hydrogen (secondary N) is 1. The van der Waals surface area contributed by atoms with Gasteiger partial charge < -0.3 is 25.9 Å². The predicted octanol–water partition coefficient (Wildman–Crippen LogP) is 0.191. The molecule has 16 heteroatoms. The van der Waals surface area contributed by atoms with E-state index in [1.54, 1.807) is 10.9 Å². The minimum absolute atomic E-state index is 0.0542. The molecule has 2 saturated heterocycles. The first-order valence-electron chi connectivity index (χ1n) is 9.02. The van der Waals surface area contributed by atoms with E-state index in [0.717, 1.165) is 11.3 Å². The Kier molecular flexibility index (Phi) is 6.55. The Hall–Kier alpha value is -2.43. The van der Waals surface area contributed by atoms with Crippen LogP contribution in [0.15, 0.2) is 20.4 Å². The molecule has 3 atom stereocenters. The highest BCUT2D eigenvalue weighted by atomic mass is 32.2. The largest absolute Gasteiger partial charge is 0.481 e. The molecular weight excluding hydrogens is 498 g/mol. The van der Waals surface area contributed by atoms with Crippen LogP contribution in [0.5, 0.6) is 0 Å². The third kappa shape index (κ3) is 4.26. The van der Waals surface area contributed by atoms with Crippen molar-refractivity contribution in [2.24, 2.45) is 10.6 Å². The van der Waals surface area contributed by atoms with E-state index in [-0.39, 0.29) is 45.9 Å². The van der Waals surface area contributed by atoms with Crippen LogP contribution < -0.4 is 11.1 Å². The number of thioether (sulfide) groups is 2. The average molecular weight is 516 g/mol. The quantitative estimate of drug-likeness (QED) is 0.189. The number of carboxylic acids is 1. The second-order valence-electron chi connectivity index (χ2n) is 6.89. The minimum Gasteiger partial charge on any atom is -0.481 e. The Morgan fingerprint density at radius 1 is 1.50 bits per heavy atom. The number of rotatable bonds is 8. The lowest BCUT2D eigenvalue weighted by Gasteiger charge is -2.53. The zero-order valence-corrected chi connectivity index (χ0v) is 19.7. The number of carbonyl (C=O) groups excluding carboxylic acids is 2. The first kappa shape index (κ1) is 22.8. The zero-order chi connectivity index (χ0) is 22.9. The molecule has 0 radical (unpaired) electrons. The maximum absolute atomic E-state index is 12.8. The highest BCUT2D eigenvalue weighted by Gasteiger charge is 2.57. The molecule has 2 unspecified atom stereocenters. The van der Waals surface area contributed by atoms with Gasteiger partial charge in [-0.3, -0.25) is 14.4 Å². The summed E-state index contributed by atoms with van der Waals surface area (Å²) in [5.74, 6) is -1.41. The Bertz CT molecular complexity index is 1060. The fourth-order valence-electron chi connectivity index (χ4n) is 3.23. The molecule has 2 amide bonds. The van der Waals surface area contributed by atoms with Crippen molar-refractivity contribution < 1.29 is 24.3 Å². The maximum atomic E-state index is 12.8. The monoisotopic (exact) mass is 515 g/mol. The highest BCUT2D eigenvalue weighted by Crippen LogP contribution is 2.44. The van der Waals surface area contributed by atoms with Gasteiger partial charge in [0.2, 0.25) is 5.91 Å². The second kappa shape index (κ2) is 9.21. The summed E-state index contributed by atoms with van der Waals surface area (Å²) in [6.45, 7) is 0.0542. The number of aromatic nitrogens is 3. The van der Waals surface area contributed by atoms with E-state index >= 15 is 0 Å². The summed E-state index contributed by atoms with van der Waals surface area (Å²) in [5.41, 5.74) is 6.23. The number of nitrogen functional groups attached to an aromatic ring is 1. The first-order chi connectivity index (χ1) is 15.3. The SMILES string of the molecule is CON=C(C(=O)NC1C(=O)N2CC(CSc3nncs3)(C(=O)O)CS[C@H]12)c1csc(N)n1. The van der Waals surface area contributed by atoms with Gasteiger partial charge in [-0.1, -0.05) is 28.3 Å². The van der Waals surface area contributed by atoms with E-state index in [2.05, 4.69) is 25.7 Å². The van der Waals surface area contributed by atoms with Crippen LogP contribution in [0.4, 0.5) is 5.13 Å². The molecule has 2 aliphatic rings. The average Bonchev–Trinajstić information content (AvgIpc) is 3.45. The van der Waals surface area contributed by atoms with E-state index in [9.17, 15) is 19.5 Å². The normalized spacial score (nSPS) is 25.1. The smallest absolute Gasteiger partial charge is 0.313 e. The molecule has 2 aromatic rings. The van der Waals surface area contributed by atoms with Crippen molar-refractivity contribution in [1.29, 1.82) is 0 Å². The van der Waals surface area contributed by atoms with E-state index in [4.69, 9.17) is 10.6 Å². The van der Waals surface area contributed by atoms with Gasteiger partial charge in [-0.05, 0) is 0 Å². The maximum Gasteiger partial charge on any atom is 0.313 e. The molecule has 0 aromatic carbocycles. The molecule has 2 aromatic heterocycles. The number of nitrogens with two attached hydrogens (primary N) is 1. The van der Waals surface area contributed by atoms with E-state index in [1.807, 2.05) is 0 Å². The molecule has 2 aliphatic heterocycles. The van der Waals surface area contributed by atoms with Crippen LogP contribution in [0.3, 0.4) is 0 Å². The van der Waals surface area contributed by atoms with Gasteiger partial charge in [0.25, 0.3) is 5.91 Å². The fourth-order valence-corrected chi connectivity index (χ4v) is 7.13. The summed E-state index contributed by atoms with van der Waals surface area (Å²) in [5, 5.41) is 25.4. The number of β-lactam (4-membered cyclic amide) rings is 1. The van der Waals surface area contributed by atoms with Gasteiger partial charge in [-0.15, -0.1) is 33.3 Å². The van der Waals surface area contributed by atoms with E-state index in [1.165, 1.54) is 46.9 Å². The summed E-state index contributed by atoms with van der Waals surface area (Å²) in [6, 6.07) is -0.798. The third-order valence-electron chi connectivity index (χ3n) is 4.86. The number of anilines is 1. The molecule has 0 aliphatic carbocycles. The van der Waals surface area contributed by atoms with Crippen molar-refractivity contribution in [1.82, 2.24) is 25.4 Å². The fraction of sp³-hybridized carbons (Fsp3) is 0.438. The number of amides is 2. The Balaban J connectivity index is 1.42. The molecule has 2 fully saturated rings. The van der Waals surface area contributed by atoms with Gasteiger partial charge in [0.15, 0.2) is 15.2 Å². The number of oxime groups is 1. The molecule has 0 spiro atoms. The molecule has 32 heavy (non-hydrogen) atoms. The minimum atomic E-state index is -1.12. The number of thiazole rings is 1. The number of hydrogen-bond donors (Lipinski definition) is 3. The van der Waals surface area contributed by atoms with Gasteiger partial charge in [0, 0.05) is 23.4 Å². The summed E-state index contributed by atoms with van der Waals surface area (Å²) >= 11 is 5.11. The number of hydrogen-bond acceptors (Lipinski definition) is 13. The zero-order valence-electron chi connectivity index (χ0n) is 16.5.